The van der Waals surface area contributed by atoms with Crippen molar-refractivity contribution < 1.29 is 9.53 Å². The van der Waals surface area contributed by atoms with Gasteiger partial charge in [-0.3, -0.25) is 4.90 Å². The molecule has 2 heterocycles. The second-order valence-corrected chi connectivity index (χ2v) is 4.14. The van der Waals surface area contributed by atoms with Gasteiger partial charge in [-0.15, -0.1) is 0 Å². The van der Waals surface area contributed by atoms with E-state index in [1.54, 1.807) is 0 Å². The maximum atomic E-state index is 11.5. The summed E-state index contributed by atoms with van der Waals surface area (Å²) in [5.41, 5.74) is 0.870. The molecule has 78 valence electrons. The number of hydrogen-bond donors (Lipinski definition) is 0. The van der Waals surface area contributed by atoms with E-state index in [1.165, 1.54) is 20.0 Å². The molecular formula is C11H17NO2. The van der Waals surface area contributed by atoms with E-state index in [0.717, 1.165) is 18.4 Å². The third-order valence-electron chi connectivity index (χ3n) is 3.49. The Hall–Kier alpha value is -0.830. The summed E-state index contributed by atoms with van der Waals surface area (Å²) in [6.07, 6.45) is 6.56. The predicted octanol–water partition coefficient (Wildman–Crippen LogP) is 1.34. The first kappa shape index (κ1) is 9.71. The lowest BCUT2D eigenvalue weighted by Gasteiger charge is -2.23. The van der Waals surface area contributed by atoms with Crippen LogP contribution in [0.15, 0.2) is 11.6 Å². The first-order valence-corrected chi connectivity index (χ1v) is 5.24. The van der Waals surface area contributed by atoms with E-state index < -0.39 is 0 Å². The van der Waals surface area contributed by atoms with Crippen LogP contribution in [0.5, 0.6) is 0 Å². The van der Waals surface area contributed by atoms with Gasteiger partial charge < -0.3 is 4.74 Å². The highest BCUT2D eigenvalue weighted by molar-refractivity contribution is 5.89. The van der Waals surface area contributed by atoms with E-state index >= 15 is 0 Å². The van der Waals surface area contributed by atoms with Crippen molar-refractivity contribution in [3.8, 4) is 0 Å². The Labute approximate surface area is 84.7 Å². The normalized spacial score (nSPS) is 32.3. The quantitative estimate of drug-likeness (QED) is 0.591. The number of allylic oxidation sites excluding steroid dienone is 1. The van der Waals surface area contributed by atoms with Gasteiger partial charge in [0, 0.05) is 12.1 Å². The fourth-order valence-electron chi connectivity index (χ4n) is 2.64. The summed E-state index contributed by atoms with van der Waals surface area (Å²) < 4.78 is 4.81. The Morgan fingerprint density at radius 1 is 1.50 bits per heavy atom. The van der Waals surface area contributed by atoms with E-state index in [9.17, 15) is 4.79 Å². The molecule has 0 N–H and O–H groups in total. The minimum Gasteiger partial charge on any atom is -0.466 e. The van der Waals surface area contributed by atoms with Crippen LogP contribution < -0.4 is 0 Å². The largest absolute Gasteiger partial charge is 0.466 e. The molecule has 2 rings (SSSR count). The van der Waals surface area contributed by atoms with Crippen LogP contribution in [0.2, 0.25) is 0 Å². The Balaban J connectivity index is 2.23. The highest BCUT2D eigenvalue weighted by Crippen LogP contribution is 2.33. The molecule has 0 radical (unpaired) electrons. The second-order valence-electron chi connectivity index (χ2n) is 4.14. The van der Waals surface area contributed by atoms with Crippen LogP contribution in [0.1, 0.15) is 25.7 Å². The molecule has 2 bridgehead atoms. The van der Waals surface area contributed by atoms with Crippen molar-refractivity contribution in [1.29, 1.82) is 0 Å². The Morgan fingerprint density at radius 3 is 3.00 bits per heavy atom. The number of nitrogens with zero attached hydrogens (tertiary/aromatic N) is 1. The summed E-state index contributed by atoms with van der Waals surface area (Å²) in [4.78, 5) is 13.9. The van der Waals surface area contributed by atoms with E-state index in [0.29, 0.717) is 12.1 Å². The standard InChI is InChI=1S/C11H17NO2/c1-12-8-4-3-5-9(11(13)14-2)10(12)7-6-8/h5,8,10H,3-4,6-7H2,1-2H3/t8?,10-/m1/s1. The molecule has 1 fully saturated rings. The van der Waals surface area contributed by atoms with Crippen molar-refractivity contribution >= 4 is 5.97 Å². The maximum absolute atomic E-state index is 11.5. The summed E-state index contributed by atoms with van der Waals surface area (Å²) >= 11 is 0. The molecule has 0 spiro atoms. The molecule has 1 saturated heterocycles. The van der Waals surface area contributed by atoms with Gasteiger partial charge in [-0.25, -0.2) is 4.79 Å². The Morgan fingerprint density at radius 2 is 2.29 bits per heavy atom. The maximum Gasteiger partial charge on any atom is 0.335 e. The van der Waals surface area contributed by atoms with Gasteiger partial charge in [0.1, 0.15) is 0 Å². The highest BCUT2D eigenvalue weighted by atomic mass is 16.5. The van der Waals surface area contributed by atoms with Crippen LogP contribution >= 0.6 is 0 Å². The molecule has 0 aliphatic carbocycles. The van der Waals surface area contributed by atoms with Crippen molar-refractivity contribution in [3.05, 3.63) is 11.6 Å². The van der Waals surface area contributed by atoms with E-state index in [2.05, 4.69) is 18.0 Å². The molecule has 2 aliphatic rings. The third-order valence-corrected chi connectivity index (χ3v) is 3.49. The summed E-state index contributed by atoms with van der Waals surface area (Å²) in [6, 6.07) is 0.966. The van der Waals surface area contributed by atoms with Gasteiger partial charge in [-0.05, 0) is 32.7 Å². The number of fused-ring (bicyclic) bond motifs is 2. The van der Waals surface area contributed by atoms with Crippen molar-refractivity contribution in [3.63, 3.8) is 0 Å². The zero-order valence-electron chi connectivity index (χ0n) is 8.82. The molecule has 0 aromatic carbocycles. The van der Waals surface area contributed by atoms with Gasteiger partial charge in [0.15, 0.2) is 0 Å². The lowest BCUT2D eigenvalue weighted by atomic mass is 10.00. The number of hydrogen-bond acceptors (Lipinski definition) is 3. The third kappa shape index (κ3) is 1.46. The predicted molar refractivity (Wildman–Crippen MR) is 53.9 cm³/mol. The summed E-state index contributed by atoms with van der Waals surface area (Å²) in [5.74, 6) is -0.149. The zero-order valence-corrected chi connectivity index (χ0v) is 8.82. The van der Waals surface area contributed by atoms with Crippen molar-refractivity contribution in [2.75, 3.05) is 14.2 Å². The fraction of sp³-hybridized carbons (Fsp3) is 0.727. The van der Waals surface area contributed by atoms with E-state index in [4.69, 9.17) is 4.74 Å². The van der Waals surface area contributed by atoms with Crippen LogP contribution in [0.3, 0.4) is 0 Å². The number of rotatable bonds is 1. The number of carbonyl (C=O) groups is 1. The second kappa shape index (κ2) is 3.73. The molecule has 3 nitrogen and oxygen atoms in total. The molecule has 0 aromatic heterocycles. The van der Waals surface area contributed by atoms with Crippen LogP contribution in [0.4, 0.5) is 0 Å². The van der Waals surface area contributed by atoms with Gasteiger partial charge in [-0.1, -0.05) is 6.08 Å². The number of likely N-dealkylation sites (N-methyl/N-ethyl adjacent to an activating group) is 1. The zero-order chi connectivity index (χ0) is 10.1. The van der Waals surface area contributed by atoms with Crippen LogP contribution in [-0.2, 0) is 9.53 Å². The van der Waals surface area contributed by atoms with Gasteiger partial charge >= 0.3 is 5.97 Å². The smallest absolute Gasteiger partial charge is 0.335 e. The SMILES string of the molecule is COC(=O)C1=CCCC2CC[C@H]1N2C. The van der Waals surface area contributed by atoms with Gasteiger partial charge in [0.2, 0.25) is 0 Å². The lowest BCUT2D eigenvalue weighted by Crippen LogP contribution is -2.34. The summed E-state index contributed by atoms with van der Waals surface area (Å²) in [7, 11) is 3.57. The van der Waals surface area contributed by atoms with Gasteiger partial charge in [0.05, 0.1) is 12.7 Å². The van der Waals surface area contributed by atoms with E-state index in [1.807, 2.05) is 0 Å². The summed E-state index contributed by atoms with van der Waals surface area (Å²) in [5, 5.41) is 0. The highest BCUT2D eigenvalue weighted by Gasteiger charge is 2.36. The van der Waals surface area contributed by atoms with Crippen molar-refractivity contribution in [1.82, 2.24) is 4.90 Å². The minimum atomic E-state index is -0.149. The first-order valence-electron chi connectivity index (χ1n) is 5.24. The average molecular weight is 195 g/mol. The molecule has 3 heteroatoms. The number of esters is 1. The lowest BCUT2D eigenvalue weighted by molar-refractivity contribution is -0.136. The Bertz CT molecular complexity index is 272. The minimum absolute atomic E-state index is 0.149. The fourth-order valence-corrected chi connectivity index (χ4v) is 2.64. The monoisotopic (exact) mass is 195 g/mol. The van der Waals surface area contributed by atoms with Crippen LogP contribution in [-0.4, -0.2) is 37.1 Å². The number of carbonyl (C=O) groups excluding carboxylic acids is 1. The van der Waals surface area contributed by atoms with Gasteiger partial charge in [-0.2, -0.15) is 0 Å². The van der Waals surface area contributed by atoms with E-state index in [-0.39, 0.29) is 5.97 Å². The van der Waals surface area contributed by atoms with Crippen molar-refractivity contribution in [2.45, 2.75) is 37.8 Å². The number of methoxy groups -OCH3 is 1. The molecule has 1 unspecified atom stereocenters. The summed E-state index contributed by atoms with van der Waals surface area (Å²) in [6.45, 7) is 0. The topological polar surface area (TPSA) is 29.5 Å². The molecule has 0 aromatic rings. The van der Waals surface area contributed by atoms with Crippen LogP contribution in [0, 0.1) is 0 Å². The molecule has 2 aliphatic heterocycles. The van der Waals surface area contributed by atoms with Crippen LogP contribution in [0.25, 0.3) is 0 Å². The first-order chi connectivity index (χ1) is 6.74. The van der Waals surface area contributed by atoms with Crippen molar-refractivity contribution in [2.24, 2.45) is 0 Å². The Kier molecular flexibility index (Phi) is 2.59. The average Bonchev–Trinajstić information content (AvgIpc) is 2.41. The molecule has 2 atom stereocenters. The molecule has 14 heavy (non-hydrogen) atoms. The molecule has 0 saturated carbocycles. The number of ether oxygens (including phenoxy) is 1. The molecular weight excluding hydrogens is 178 g/mol. The molecule has 0 amide bonds. The van der Waals surface area contributed by atoms with Gasteiger partial charge in [0.25, 0.3) is 0 Å².